The highest BCUT2D eigenvalue weighted by atomic mass is 16.5. The van der Waals surface area contributed by atoms with E-state index in [1.165, 1.54) is 44.1 Å². The fourth-order valence-corrected chi connectivity index (χ4v) is 2.76. The molecule has 0 aliphatic heterocycles. The second-order valence-electron chi connectivity index (χ2n) is 5.84. The summed E-state index contributed by atoms with van der Waals surface area (Å²) in [5.41, 5.74) is 1.28. The summed E-state index contributed by atoms with van der Waals surface area (Å²) in [6.07, 6.45) is 8.46. The van der Waals surface area contributed by atoms with Gasteiger partial charge in [0.25, 0.3) is 0 Å². The van der Waals surface area contributed by atoms with Crippen molar-refractivity contribution in [2.24, 2.45) is 0 Å². The Morgan fingerprint density at radius 2 is 1.79 bits per heavy atom. The molecule has 1 saturated carbocycles. The van der Waals surface area contributed by atoms with E-state index in [4.69, 9.17) is 4.74 Å². The van der Waals surface area contributed by atoms with Crippen LogP contribution in [-0.2, 0) is 6.54 Å². The van der Waals surface area contributed by atoms with Crippen LogP contribution in [0.3, 0.4) is 0 Å². The monoisotopic (exact) mass is 261 g/mol. The van der Waals surface area contributed by atoms with Gasteiger partial charge in [-0.3, -0.25) is 0 Å². The average Bonchev–Trinajstić information content (AvgIpc) is 2.65. The topological polar surface area (TPSA) is 21.3 Å². The standard InChI is InChI=1S/C17H27NO/c1-14(2)19-17-12-8-7-9-15(17)13-18-16-10-5-3-4-6-11-16/h7-9,12,14,16,18H,3-6,10-11,13H2,1-2H3. The number of hydrogen-bond acceptors (Lipinski definition) is 2. The zero-order valence-corrected chi connectivity index (χ0v) is 12.3. The van der Waals surface area contributed by atoms with Gasteiger partial charge < -0.3 is 10.1 Å². The van der Waals surface area contributed by atoms with Gasteiger partial charge in [-0.25, -0.2) is 0 Å². The first-order valence-corrected chi connectivity index (χ1v) is 7.73. The molecule has 0 atom stereocenters. The summed E-state index contributed by atoms with van der Waals surface area (Å²) < 4.78 is 5.87. The number of ether oxygens (including phenoxy) is 1. The number of rotatable bonds is 5. The fraction of sp³-hybridized carbons (Fsp3) is 0.647. The molecule has 2 heteroatoms. The van der Waals surface area contributed by atoms with Crippen LogP contribution in [0.4, 0.5) is 0 Å². The molecule has 1 fully saturated rings. The van der Waals surface area contributed by atoms with Crippen LogP contribution < -0.4 is 10.1 Å². The molecule has 2 nitrogen and oxygen atoms in total. The number of nitrogens with one attached hydrogen (secondary N) is 1. The Bertz CT molecular complexity index is 367. The maximum Gasteiger partial charge on any atom is 0.124 e. The lowest BCUT2D eigenvalue weighted by molar-refractivity contribution is 0.239. The van der Waals surface area contributed by atoms with E-state index in [-0.39, 0.29) is 6.10 Å². The molecule has 0 bridgehead atoms. The Morgan fingerprint density at radius 1 is 1.11 bits per heavy atom. The first kappa shape index (κ1) is 14.4. The van der Waals surface area contributed by atoms with E-state index in [9.17, 15) is 0 Å². The zero-order valence-electron chi connectivity index (χ0n) is 12.3. The fourth-order valence-electron chi connectivity index (χ4n) is 2.76. The van der Waals surface area contributed by atoms with Crippen molar-refractivity contribution in [1.82, 2.24) is 5.32 Å². The van der Waals surface area contributed by atoms with Crippen LogP contribution in [0.25, 0.3) is 0 Å². The van der Waals surface area contributed by atoms with Gasteiger partial charge in [-0.15, -0.1) is 0 Å². The molecule has 2 rings (SSSR count). The first-order valence-electron chi connectivity index (χ1n) is 7.73. The van der Waals surface area contributed by atoms with Crippen molar-refractivity contribution in [3.05, 3.63) is 29.8 Å². The maximum atomic E-state index is 5.87. The predicted molar refractivity (Wildman–Crippen MR) is 80.5 cm³/mol. The Balaban J connectivity index is 1.90. The zero-order chi connectivity index (χ0) is 13.5. The highest BCUT2D eigenvalue weighted by molar-refractivity contribution is 5.33. The summed E-state index contributed by atoms with van der Waals surface area (Å²) in [5.74, 6) is 1.03. The van der Waals surface area contributed by atoms with Crippen LogP contribution in [-0.4, -0.2) is 12.1 Å². The van der Waals surface area contributed by atoms with E-state index in [0.717, 1.165) is 12.3 Å². The van der Waals surface area contributed by atoms with Crippen molar-refractivity contribution in [3.8, 4) is 5.75 Å². The summed E-state index contributed by atoms with van der Waals surface area (Å²) in [4.78, 5) is 0. The summed E-state index contributed by atoms with van der Waals surface area (Å²) in [7, 11) is 0. The second-order valence-corrected chi connectivity index (χ2v) is 5.84. The molecule has 1 aromatic carbocycles. The molecule has 0 spiro atoms. The highest BCUT2D eigenvalue weighted by Crippen LogP contribution is 2.21. The van der Waals surface area contributed by atoms with Gasteiger partial charge in [0.15, 0.2) is 0 Å². The van der Waals surface area contributed by atoms with Crippen LogP contribution >= 0.6 is 0 Å². The van der Waals surface area contributed by atoms with Gasteiger partial charge in [-0.2, -0.15) is 0 Å². The molecule has 19 heavy (non-hydrogen) atoms. The van der Waals surface area contributed by atoms with E-state index in [1.54, 1.807) is 0 Å². The number of hydrogen-bond donors (Lipinski definition) is 1. The minimum absolute atomic E-state index is 0.235. The largest absolute Gasteiger partial charge is 0.491 e. The lowest BCUT2D eigenvalue weighted by atomic mass is 10.1. The summed E-state index contributed by atoms with van der Waals surface area (Å²) >= 11 is 0. The van der Waals surface area contributed by atoms with Crippen LogP contribution in [0.15, 0.2) is 24.3 Å². The molecule has 0 saturated heterocycles. The molecular formula is C17H27NO. The highest BCUT2D eigenvalue weighted by Gasteiger charge is 2.12. The normalized spacial score (nSPS) is 17.4. The third-order valence-corrected chi connectivity index (χ3v) is 3.77. The van der Waals surface area contributed by atoms with Gasteiger partial charge in [0.05, 0.1) is 6.10 Å². The molecule has 1 aromatic rings. The predicted octanol–water partition coefficient (Wildman–Crippen LogP) is 4.29. The van der Waals surface area contributed by atoms with Crippen molar-refractivity contribution in [3.63, 3.8) is 0 Å². The van der Waals surface area contributed by atoms with Crippen LogP contribution in [0.1, 0.15) is 57.9 Å². The van der Waals surface area contributed by atoms with Crippen molar-refractivity contribution < 1.29 is 4.74 Å². The van der Waals surface area contributed by atoms with E-state index in [2.05, 4.69) is 37.4 Å². The Hall–Kier alpha value is -1.02. The number of benzene rings is 1. The van der Waals surface area contributed by atoms with Gasteiger partial charge >= 0.3 is 0 Å². The van der Waals surface area contributed by atoms with Gasteiger partial charge in [0, 0.05) is 18.2 Å². The van der Waals surface area contributed by atoms with Crippen LogP contribution in [0.2, 0.25) is 0 Å². The molecule has 1 aliphatic carbocycles. The molecule has 0 aromatic heterocycles. The maximum absolute atomic E-state index is 5.87. The molecule has 0 amide bonds. The van der Waals surface area contributed by atoms with Crippen molar-refractivity contribution in [2.75, 3.05) is 0 Å². The third-order valence-electron chi connectivity index (χ3n) is 3.77. The first-order chi connectivity index (χ1) is 9.25. The second kappa shape index (κ2) is 7.54. The molecule has 0 heterocycles. The smallest absolute Gasteiger partial charge is 0.124 e. The SMILES string of the molecule is CC(C)Oc1ccccc1CNC1CCCCCC1. The molecule has 1 N–H and O–H groups in total. The molecular weight excluding hydrogens is 234 g/mol. The van der Waals surface area contributed by atoms with E-state index >= 15 is 0 Å². The lowest BCUT2D eigenvalue weighted by Gasteiger charge is -2.19. The van der Waals surface area contributed by atoms with Gasteiger partial charge in [-0.1, -0.05) is 43.9 Å². The molecule has 0 radical (unpaired) electrons. The molecule has 1 aliphatic rings. The van der Waals surface area contributed by atoms with Crippen molar-refractivity contribution in [2.45, 2.75) is 71.1 Å². The van der Waals surface area contributed by atoms with E-state index in [1.807, 2.05) is 6.07 Å². The van der Waals surface area contributed by atoms with E-state index in [0.29, 0.717) is 6.04 Å². The third kappa shape index (κ3) is 4.87. The van der Waals surface area contributed by atoms with Crippen molar-refractivity contribution in [1.29, 1.82) is 0 Å². The molecule has 0 unspecified atom stereocenters. The summed E-state index contributed by atoms with van der Waals surface area (Å²) in [6.45, 7) is 5.08. The van der Waals surface area contributed by atoms with Crippen molar-refractivity contribution >= 4 is 0 Å². The van der Waals surface area contributed by atoms with Gasteiger partial charge in [0.1, 0.15) is 5.75 Å². The summed E-state index contributed by atoms with van der Waals surface area (Å²) in [6, 6.07) is 9.07. The quantitative estimate of drug-likeness (QED) is 0.798. The Morgan fingerprint density at radius 3 is 2.47 bits per heavy atom. The van der Waals surface area contributed by atoms with E-state index < -0.39 is 0 Å². The van der Waals surface area contributed by atoms with Crippen LogP contribution in [0, 0.1) is 0 Å². The minimum atomic E-state index is 0.235. The lowest BCUT2D eigenvalue weighted by Crippen LogP contribution is -2.28. The summed E-state index contributed by atoms with van der Waals surface area (Å²) in [5, 5.41) is 3.71. The van der Waals surface area contributed by atoms with Gasteiger partial charge in [-0.05, 0) is 32.8 Å². The minimum Gasteiger partial charge on any atom is -0.491 e. The number of para-hydroxylation sites is 1. The van der Waals surface area contributed by atoms with Crippen LogP contribution in [0.5, 0.6) is 5.75 Å². The Kier molecular flexibility index (Phi) is 5.71. The molecule has 106 valence electrons. The van der Waals surface area contributed by atoms with Gasteiger partial charge in [0.2, 0.25) is 0 Å². The average molecular weight is 261 g/mol. The Labute approximate surface area is 117 Å².